The van der Waals surface area contributed by atoms with E-state index in [-0.39, 0.29) is 62.0 Å². The van der Waals surface area contributed by atoms with Gasteiger partial charge in [0, 0.05) is 125 Å². The number of alkyl halides is 1. The van der Waals surface area contributed by atoms with Crippen LogP contribution >= 0.6 is 54.5 Å². The molecule has 4 heterocycles. The number of hydrogen-bond donors (Lipinski definition) is 1. The van der Waals surface area contributed by atoms with Gasteiger partial charge in [0.25, 0.3) is 0 Å². The molecule has 6 amide bonds. The fourth-order valence-corrected chi connectivity index (χ4v) is 14.8. The van der Waals surface area contributed by atoms with Gasteiger partial charge in [0.1, 0.15) is 11.6 Å². The summed E-state index contributed by atoms with van der Waals surface area (Å²) in [6.45, 7) is 0. The zero-order valence-electron chi connectivity index (χ0n) is 59.3. The topological polar surface area (TPSA) is 334 Å². The molecule has 2 N–H and O–H groups in total. The van der Waals surface area contributed by atoms with E-state index in [1.165, 1.54) is 59.7 Å². The minimum absolute atomic E-state index is 0. The molecule has 0 bridgehead atoms. The average molecular weight is 1740 g/mol. The van der Waals surface area contributed by atoms with E-state index < -0.39 is 46.6 Å². The fraction of sp³-hybridized carbons (Fsp3) is 0.375. The van der Waals surface area contributed by atoms with Crippen molar-refractivity contribution in [2.24, 2.45) is 11.0 Å². The van der Waals surface area contributed by atoms with Gasteiger partial charge in [-0.15, -0.1) is 4.91 Å². The second-order valence-electron chi connectivity index (χ2n) is 24.6. The molecule has 0 saturated heterocycles. The van der Waals surface area contributed by atoms with E-state index in [0.29, 0.717) is 58.5 Å². The summed E-state index contributed by atoms with van der Waals surface area (Å²) in [6, 6.07) is 34.4. The van der Waals surface area contributed by atoms with Crippen LogP contribution in [0.15, 0.2) is 150 Å². The summed E-state index contributed by atoms with van der Waals surface area (Å²) in [5, 5.41) is 2.70. The number of urea groups is 1. The second kappa shape index (κ2) is 41.6. The van der Waals surface area contributed by atoms with E-state index in [1.807, 2.05) is 31.3 Å². The molecule has 0 saturated carbocycles. The number of Topliss-reactive ketones (excluding diaryl/α,β-unsaturated/α-hetero) is 2. The number of ketones is 2. The Kier molecular flexibility index (Phi) is 36.1. The van der Waals surface area contributed by atoms with E-state index in [9.17, 15) is 63.7 Å². The number of fused-ring (bicyclic) bond motifs is 6. The molecule has 0 aromatic heterocycles. The summed E-state index contributed by atoms with van der Waals surface area (Å²) < 4.78 is 89.0. The Bertz CT molecular complexity index is 4510. The number of nitrogens with two attached hydrogens (primary N) is 1. The zero-order valence-corrected chi connectivity index (χ0v) is 69.9. The molecule has 0 spiro atoms. The number of carbonyl (C=O) groups excluding carboxylic acids is 7. The number of nitroso groups, excluding NO2 is 1. The zero-order chi connectivity index (χ0) is 76.0. The van der Waals surface area contributed by atoms with E-state index in [0.717, 1.165) is 132 Å². The van der Waals surface area contributed by atoms with Gasteiger partial charge in [-0.25, -0.2) is 30.0 Å². The van der Waals surface area contributed by atoms with Crippen LogP contribution < -0.4 is 54.9 Å². The number of sulfone groups is 3. The molecule has 6 aromatic rings. The number of amides is 6. The molecule has 103 heavy (non-hydrogen) atoms. The van der Waals surface area contributed by atoms with Crippen LogP contribution in [0.25, 0.3) is 6.08 Å². The molecule has 2 unspecified atom stereocenters. The molecule has 31 heteroatoms. The predicted octanol–water partition coefficient (Wildman–Crippen LogP) is 8.62. The number of aryl methyl sites for hydroxylation is 5. The summed E-state index contributed by atoms with van der Waals surface area (Å²) in [5.74, 6) is 1.12. The van der Waals surface area contributed by atoms with Gasteiger partial charge in [-0.05, 0) is 200 Å². The molecule has 6 aliphatic rings. The molecule has 2 aliphatic carbocycles. The number of hydrogen-bond acceptors (Lipinski definition) is 17. The third kappa shape index (κ3) is 28.2. The SMILES string of the molecule is CN(N=O)C(N)=O.CN1C(=O)C(I)CCc2cc(S(C)(=O)=O)ccc21.CN1C(=O)CC=Cc2cc(S(C)(=O)=O)ccc21.CN1C(=O)CCCc2cc(Br)ccc21.CN1C(=O)CCCc2cc(S(C)(=O)=O)ccc21.CS(=O)[O-].O=C1CCCc2cc(Br)ccc2C1.O=C1CCCc2ccccc2C1.[Na+]. The van der Waals surface area contributed by atoms with Crippen LogP contribution in [0.1, 0.15) is 109 Å². The van der Waals surface area contributed by atoms with Crippen LogP contribution in [-0.4, -0.2) is 144 Å². The Hall–Kier alpha value is -6.20. The molecule has 12 rings (SSSR count). The van der Waals surface area contributed by atoms with Gasteiger partial charge in [-0.1, -0.05) is 108 Å². The monoisotopic (exact) mass is 1740 g/mol. The van der Waals surface area contributed by atoms with Gasteiger partial charge in [-0.3, -0.25) is 33.0 Å². The van der Waals surface area contributed by atoms with Crippen molar-refractivity contribution in [3.8, 4) is 0 Å². The van der Waals surface area contributed by atoms with Crippen LogP contribution in [0.5, 0.6) is 0 Å². The van der Waals surface area contributed by atoms with Crippen molar-refractivity contribution in [1.82, 2.24) is 5.01 Å². The third-order valence-electron chi connectivity index (χ3n) is 16.8. The van der Waals surface area contributed by atoms with Crippen LogP contribution in [0, 0.1) is 4.91 Å². The first-order chi connectivity index (χ1) is 47.8. The number of carbonyl (C=O) groups is 7. The third-order valence-corrected chi connectivity index (χ3v) is 22.3. The van der Waals surface area contributed by atoms with Crippen molar-refractivity contribution in [1.29, 1.82) is 0 Å². The Morgan fingerprint density at radius 2 is 0.913 bits per heavy atom. The number of benzene rings is 6. The van der Waals surface area contributed by atoms with E-state index in [1.54, 1.807) is 101 Å². The molecule has 4 aliphatic heterocycles. The van der Waals surface area contributed by atoms with Crippen molar-refractivity contribution in [3.63, 3.8) is 0 Å². The van der Waals surface area contributed by atoms with Gasteiger partial charge in [0.05, 0.1) is 29.6 Å². The predicted molar refractivity (Wildman–Crippen MR) is 414 cm³/mol. The molecule has 2 atom stereocenters. The van der Waals surface area contributed by atoms with Gasteiger partial charge in [-0.2, -0.15) is 5.01 Å². The van der Waals surface area contributed by atoms with Crippen LogP contribution in [0.4, 0.5) is 27.5 Å². The van der Waals surface area contributed by atoms with Crippen molar-refractivity contribution in [3.05, 3.63) is 180 Å². The number of nitrogens with zero attached hydrogens (tertiary/aromatic N) is 6. The van der Waals surface area contributed by atoms with Crippen LogP contribution in [0.3, 0.4) is 0 Å². The first kappa shape index (κ1) is 89.2. The molecular weight excluding hydrogens is 1660 g/mol. The molecular formula is C72H85Br2IN7NaO16S4. The van der Waals surface area contributed by atoms with Gasteiger partial charge in [0.2, 0.25) is 23.6 Å². The summed E-state index contributed by atoms with van der Waals surface area (Å²) in [5.41, 5.74) is 17.0. The summed E-state index contributed by atoms with van der Waals surface area (Å²) >= 11 is 7.17. The molecule has 0 radical (unpaired) electrons. The fourth-order valence-electron chi connectivity index (χ4n) is 11.2. The van der Waals surface area contributed by atoms with Gasteiger partial charge >= 0.3 is 35.6 Å². The van der Waals surface area contributed by atoms with Crippen molar-refractivity contribution in [2.45, 2.75) is 128 Å². The van der Waals surface area contributed by atoms with Crippen LogP contribution in [-0.2, 0) is 114 Å². The first-order valence-corrected chi connectivity index (χ1v) is 42.2. The Balaban J connectivity index is 0.000000255. The minimum Gasteiger partial charge on any atom is -0.773 e. The standard InChI is InChI=1S/C12H14INO3S.C12H15NO3S.C12H13NO3S.C11H12BrNO.C11H11BrO.C11H12O.C2H5N3O2.CH4O2S.Na/c1-14-11-6-4-9(18(2,16)17)7-8(11)3-5-10(13)12(14)15;2*1-13-11-7-6-10(17(2,15)16)8-9(11)4-3-5-12(13)14;1-13-10-6-5-9(12)7-8(10)3-2-4-11(13)14;12-10-5-4-9-7-11(13)3-1-2-8(9)6-10;12-11-7-3-6-9-4-1-2-5-10(9)8-11;1-5(4-7)2(3)6;1-4(2)3;/h4,6-7,10H,3,5H2,1-2H3;6-8H,3-5H2,1-2H3;3-4,6-8H,5H2,1-2H3;5-7H,2-4H2,1H3;4-6H,1-3,7H2;1-2,4-5H,3,6-8H2;1H3,(H2,3,6);1H3,(H,2,3);/q;;;;;;;;+1/p-1. The van der Waals surface area contributed by atoms with E-state index in [2.05, 4.69) is 102 Å². The Morgan fingerprint density at radius 3 is 1.39 bits per heavy atom. The number of halogens is 3. The Labute approximate surface area is 659 Å². The summed E-state index contributed by atoms with van der Waals surface area (Å²) in [4.78, 5) is 95.9. The average Bonchev–Trinajstić information content (AvgIpc) is 1.66. The number of anilines is 4. The van der Waals surface area contributed by atoms with Gasteiger partial charge in [0.15, 0.2) is 29.5 Å². The maximum absolute atomic E-state index is 12.0. The van der Waals surface area contributed by atoms with Gasteiger partial charge < -0.3 is 29.9 Å². The van der Waals surface area contributed by atoms with Crippen LogP contribution in [0.2, 0.25) is 0 Å². The Morgan fingerprint density at radius 1 is 0.534 bits per heavy atom. The summed E-state index contributed by atoms with van der Waals surface area (Å²) in [6.07, 6.45) is 21.5. The summed E-state index contributed by atoms with van der Waals surface area (Å²) in [7, 11) is -1.42. The second-order valence-corrected chi connectivity index (χ2v) is 34.8. The normalized spacial score (nSPS) is 16.3. The first-order valence-electron chi connectivity index (χ1n) is 32.2. The van der Waals surface area contributed by atoms with Crippen molar-refractivity contribution in [2.75, 3.05) is 79.9 Å². The van der Waals surface area contributed by atoms with Crippen molar-refractivity contribution < 1.29 is 97.1 Å². The minimum atomic E-state index is -3.22. The van der Waals surface area contributed by atoms with E-state index >= 15 is 0 Å². The number of primary amides is 1. The quantitative estimate of drug-likeness (QED) is 0.0328. The van der Waals surface area contributed by atoms with Crippen molar-refractivity contribution >= 4 is 165 Å². The largest absolute Gasteiger partial charge is 1.00 e. The maximum atomic E-state index is 12.0. The van der Waals surface area contributed by atoms with E-state index in [4.69, 9.17) is 8.76 Å². The smallest absolute Gasteiger partial charge is 0.773 e. The molecule has 0 fully saturated rings. The molecule has 23 nitrogen and oxygen atoms in total. The maximum Gasteiger partial charge on any atom is 1.00 e. The molecule has 550 valence electrons. The number of rotatable bonds is 4. The molecule has 6 aromatic carbocycles.